The maximum Gasteiger partial charge on any atom is 0.282 e. The molecule has 1 unspecified atom stereocenters. The summed E-state index contributed by atoms with van der Waals surface area (Å²) in [6, 6.07) is 5.46. The first-order valence-electron chi connectivity index (χ1n) is 12.4. The molecule has 3 aromatic heterocycles. The second-order valence-electron chi connectivity index (χ2n) is 10.3. The molecule has 3 atom stereocenters. The van der Waals surface area contributed by atoms with E-state index in [2.05, 4.69) is 36.9 Å². The van der Waals surface area contributed by atoms with E-state index in [-0.39, 0.29) is 48.5 Å². The van der Waals surface area contributed by atoms with Crippen molar-refractivity contribution in [2.75, 3.05) is 23.7 Å². The Labute approximate surface area is 214 Å². The molecule has 3 aliphatic heterocycles. The van der Waals surface area contributed by atoms with Crippen molar-refractivity contribution in [3.63, 3.8) is 0 Å². The molecule has 0 radical (unpaired) electrons. The SMILES string of the molecule is Cc1cnc2c(F)c(Nc3cc(C)[nH]n3)nc(NC3C[C@H]4CC[C@@H](C3)N4S(=O)(=O)N3CC(C#N)C3)c2c1. The van der Waals surface area contributed by atoms with Gasteiger partial charge in [0.1, 0.15) is 11.3 Å². The highest BCUT2D eigenvalue weighted by Crippen LogP contribution is 2.41. The molecule has 37 heavy (non-hydrogen) atoms. The minimum Gasteiger partial charge on any atom is -0.367 e. The molecular formula is C24H28FN9O2S. The number of halogens is 1. The van der Waals surface area contributed by atoms with Crippen molar-refractivity contribution >= 4 is 38.6 Å². The van der Waals surface area contributed by atoms with Gasteiger partial charge in [-0.05, 0) is 51.2 Å². The Bertz CT molecular complexity index is 1500. The van der Waals surface area contributed by atoms with Crippen LogP contribution in [0.3, 0.4) is 0 Å². The summed E-state index contributed by atoms with van der Waals surface area (Å²) in [5.74, 6) is 0.179. The van der Waals surface area contributed by atoms with Crippen molar-refractivity contribution in [2.24, 2.45) is 5.92 Å². The lowest BCUT2D eigenvalue weighted by Gasteiger charge is -2.44. The quantitative estimate of drug-likeness (QED) is 0.446. The van der Waals surface area contributed by atoms with Crippen LogP contribution in [0.15, 0.2) is 18.3 Å². The summed E-state index contributed by atoms with van der Waals surface area (Å²) in [7, 11) is -3.59. The highest BCUT2D eigenvalue weighted by Gasteiger charge is 2.51. The Balaban J connectivity index is 1.27. The van der Waals surface area contributed by atoms with E-state index in [4.69, 9.17) is 5.26 Å². The smallest absolute Gasteiger partial charge is 0.282 e. The standard InChI is InChI=1S/C24H28FN9O2S/c1-13-5-19-22(27-10-13)21(25)24(29-20-6-14(2)31-32-20)30-23(19)28-16-7-17-3-4-18(8-16)34(17)37(35,36)33-11-15(9-26)12-33/h5-6,10,15-18H,3-4,7-8,11-12H2,1-2H3,(H3,28,29,30,31,32)/t16?,17-,18+. The third kappa shape index (κ3) is 4.18. The van der Waals surface area contributed by atoms with Gasteiger partial charge in [0.25, 0.3) is 10.2 Å². The van der Waals surface area contributed by atoms with E-state index in [9.17, 15) is 8.42 Å². The van der Waals surface area contributed by atoms with Gasteiger partial charge in [-0.15, -0.1) is 0 Å². The van der Waals surface area contributed by atoms with Crippen LogP contribution in [-0.4, -0.2) is 68.4 Å². The van der Waals surface area contributed by atoms with Gasteiger partial charge in [0.2, 0.25) is 0 Å². The number of aromatic amines is 1. The number of aromatic nitrogens is 4. The molecule has 194 valence electrons. The van der Waals surface area contributed by atoms with Crippen LogP contribution in [0, 0.1) is 36.9 Å². The number of anilines is 3. The monoisotopic (exact) mass is 525 g/mol. The number of hydrogen-bond acceptors (Lipinski definition) is 8. The van der Waals surface area contributed by atoms with E-state index in [0.29, 0.717) is 29.9 Å². The maximum atomic E-state index is 15.4. The average Bonchev–Trinajstić information content (AvgIpc) is 3.36. The maximum absolute atomic E-state index is 15.4. The largest absolute Gasteiger partial charge is 0.367 e. The van der Waals surface area contributed by atoms with E-state index in [1.54, 1.807) is 16.6 Å². The number of pyridine rings is 2. The highest BCUT2D eigenvalue weighted by molar-refractivity contribution is 7.86. The predicted octanol–water partition coefficient (Wildman–Crippen LogP) is 2.96. The van der Waals surface area contributed by atoms with Crippen LogP contribution in [0.25, 0.3) is 10.9 Å². The summed E-state index contributed by atoms with van der Waals surface area (Å²) >= 11 is 0. The van der Waals surface area contributed by atoms with E-state index < -0.39 is 16.0 Å². The Morgan fingerprint density at radius 3 is 2.54 bits per heavy atom. The van der Waals surface area contributed by atoms with Gasteiger partial charge in [0.05, 0.1) is 12.0 Å². The lowest BCUT2D eigenvalue weighted by molar-refractivity contribution is 0.182. The van der Waals surface area contributed by atoms with E-state index in [1.165, 1.54) is 4.31 Å². The van der Waals surface area contributed by atoms with E-state index in [1.807, 2.05) is 19.9 Å². The van der Waals surface area contributed by atoms with Crippen LogP contribution in [-0.2, 0) is 10.2 Å². The number of nitrogens with zero attached hydrogens (tertiary/aromatic N) is 6. The molecule has 0 aromatic carbocycles. The number of fused-ring (bicyclic) bond motifs is 3. The van der Waals surface area contributed by atoms with Gasteiger partial charge in [-0.1, -0.05) is 0 Å². The first-order valence-corrected chi connectivity index (χ1v) is 13.8. The molecule has 3 saturated heterocycles. The molecular weight excluding hydrogens is 497 g/mol. The lowest BCUT2D eigenvalue weighted by atomic mass is 9.99. The topological polar surface area (TPSA) is 143 Å². The second kappa shape index (κ2) is 8.90. The number of aryl methyl sites for hydroxylation is 2. The van der Waals surface area contributed by atoms with Crippen LogP contribution >= 0.6 is 0 Å². The number of nitrogens with one attached hydrogen (secondary N) is 3. The molecule has 3 N–H and O–H groups in total. The molecule has 0 spiro atoms. The van der Waals surface area contributed by atoms with Gasteiger partial charge in [-0.3, -0.25) is 10.1 Å². The normalized spacial score (nSPS) is 24.6. The van der Waals surface area contributed by atoms with Gasteiger partial charge in [0, 0.05) is 54.6 Å². The van der Waals surface area contributed by atoms with E-state index in [0.717, 1.165) is 24.1 Å². The molecule has 2 bridgehead atoms. The first kappa shape index (κ1) is 24.0. The summed E-state index contributed by atoms with van der Waals surface area (Å²) in [6.07, 6.45) is 4.44. The van der Waals surface area contributed by atoms with Crippen molar-refractivity contribution < 1.29 is 12.8 Å². The van der Waals surface area contributed by atoms with Crippen LogP contribution in [0.4, 0.5) is 21.8 Å². The fourth-order valence-corrected chi connectivity index (χ4v) is 7.86. The van der Waals surface area contributed by atoms with Crippen molar-refractivity contribution in [3.05, 3.63) is 35.4 Å². The zero-order valence-corrected chi connectivity index (χ0v) is 21.4. The summed E-state index contributed by atoms with van der Waals surface area (Å²) in [4.78, 5) is 8.92. The number of piperidine rings is 1. The average molecular weight is 526 g/mol. The van der Waals surface area contributed by atoms with E-state index >= 15 is 4.39 Å². The fourth-order valence-electron chi connectivity index (χ4n) is 5.72. The van der Waals surface area contributed by atoms with Gasteiger partial charge < -0.3 is 10.6 Å². The summed E-state index contributed by atoms with van der Waals surface area (Å²) in [5, 5.41) is 23.0. The molecule has 13 heteroatoms. The van der Waals surface area contributed by atoms with Crippen molar-refractivity contribution in [1.82, 2.24) is 28.8 Å². The van der Waals surface area contributed by atoms with Gasteiger partial charge in [-0.2, -0.15) is 27.4 Å². The minimum absolute atomic E-state index is 0.0191. The summed E-state index contributed by atoms with van der Waals surface area (Å²) in [5.41, 5.74) is 1.91. The molecule has 6 heterocycles. The molecule has 6 rings (SSSR count). The highest BCUT2D eigenvalue weighted by atomic mass is 32.2. The zero-order valence-electron chi connectivity index (χ0n) is 20.6. The predicted molar refractivity (Wildman–Crippen MR) is 136 cm³/mol. The zero-order chi connectivity index (χ0) is 25.9. The van der Waals surface area contributed by atoms with Crippen LogP contribution < -0.4 is 10.6 Å². The van der Waals surface area contributed by atoms with Gasteiger partial charge in [-0.25, -0.2) is 9.37 Å². The van der Waals surface area contributed by atoms with Crippen molar-refractivity contribution in [1.29, 1.82) is 5.26 Å². The molecule has 0 amide bonds. The van der Waals surface area contributed by atoms with Gasteiger partial charge in [0.15, 0.2) is 17.5 Å². The first-order chi connectivity index (χ1) is 17.7. The number of H-pyrrole nitrogens is 1. The van der Waals surface area contributed by atoms with Crippen molar-refractivity contribution in [2.45, 2.75) is 57.7 Å². The number of rotatable bonds is 6. The molecule has 3 aromatic rings. The second-order valence-corrected chi connectivity index (χ2v) is 12.1. The van der Waals surface area contributed by atoms with Crippen LogP contribution in [0.2, 0.25) is 0 Å². The molecule has 3 aliphatic rings. The molecule has 3 fully saturated rings. The third-order valence-electron chi connectivity index (χ3n) is 7.50. The molecule has 0 aliphatic carbocycles. The fraction of sp³-hybridized carbons (Fsp3) is 0.500. The Morgan fingerprint density at radius 2 is 1.89 bits per heavy atom. The van der Waals surface area contributed by atoms with Gasteiger partial charge >= 0.3 is 0 Å². The summed E-state index contributed by atoms with van der Waals surface area (Å²) < 4.78 is 45.0. The molecule has 11 nitrogen and oxygen atoms in total. The number of hydrogen-bond donors (Lipinski definition) is 3. The minimum atomic E-state index is -3.59. The Hall–Kier alpha value is -3.34. The third-order valence-corrected chi connectivity index (χ3v) is 9.58. The number of nitriles is 1. The molecule has 0 saturated carbocycles. The van der Waals surface area contributed by atoms with Crippen molar-refractivity contribution in [3.8, 4) is 6.07 Å². The Morgan fingerprint density at radius 1 is 1.16 bits per heavy atom. The van der Waals surface area contributed by atoms with Crippen LogP contribution in [0.5, 0.6) is 0 Å². The van der Waals surface area contributed by atoms with Crippen LogP contribution in [0.1, 0.15) is 36.9 Å². The summed E-state index contributed by atoms with van der Waals surface area (Å²) in [6.45, 7) is 4.27. The Kier molecular flexibility index (Phi) is 5.78. The lowest BCUT2D eigenvalue weighted by Crippen LogP contribution is -2.59.